The third-order valence-electron chi connectivity index (χ3n) is 1.88. The van der Waals surface area contributed by atoms with Crippen molar-refractivity contribution in [1.29, 1.82) is 0 Å². The van der Waals surface area contributed by atoms with Crippen LogP contribution in [0, 0.1) is 10.1 Å². The third-order valence-corrected chi connectivity index (χ3v) is 1.88. The number of carbonyl (C=O) groups excluding carboxylic acids is 1. The molecular formula is C10H13N3O5. The molecule has 0 aromatic carbocycles. The molecule has 0 saturated heterocycles. The summed E-state index contributed by atoms with van der Waals surface area (Å²) in [5.41, 5.74) is 2.45. The molecule has 98 valence electrons. The Morgan fingerprint density at radius 2 is 2.33 bits per heavy atom. The van der Waals surface area contributed by atoms with Crippen LogP contribution >= 0.6 is 0 Å². The third kappa shape index (κ3) is 3.89. The summed E-state index contributed by atoms with van der Waals surface area (Å²) in [6.07, 6.45) is 0.0257. The Hall–Kier alpha value is -2.38. The van der Waals surface area contributed by atoms with Crippen molar-refractivity contribution in [2.24, 2.45) is 5.10 Å². The highest BCUT2D eigenvalue weighted by Gasteiger charge is 2.13. The minimum atomic E-state index is -0.683. The van der Waals surface area contributed by atoms with Gasteiger partial charge < -0.3 is 9.15 Å². The fourth-order valence-electron chi connectivity index (χ4n) is 1.03. The molecule has 1 heterocycles. The second kappa shape index (κ2) is 6.38. The zero-order valence-electron chi connectivity index (χ0n) is 10.0. The SMILES string of the molecule is CCCOC(=O)N/N=C(\C)c1ccc([N+](=O)[O-])o1. The summed E-state index contributed by atoms with van der Waals surface area (Å²) < 4.78 is 9.62. The molecule has 1 amide bonds. The van der Waals surface area contributed by atoms with Gasteiger partial charge in [-0.1, -0.05) is 6.92 Å². The Labute approximate surface area is 103 Å². The Morgan fingerprint density at radius 3 is 2.89 bits per heavy atom. The molecule has 0 saturated carbocycles. The van der Waals surface area contributed by atoms with Gasteiger partial charge in [-0.2, -0.15) is 5.10 Å². The average Bonchev–Trinajstić information content (AvgIpc) is 2.83. The molecule has 0 bridgehead atoms. The molecule has 0 aliphatic carbocycles. The standard InChI is InChI=1S/C10H13N3O5/c1-3-6-17-10(14)12-11-7(2)8-4-5-9(18-8)13(15)16/h4-5H,3,6H2,1-2H3,(H,12,14)/b11-7+. The van der Waals surface area contributed by atoms with Gasteiger partial charge in [0.2, 0.25) is 0 Å². The Kier molecular flexibility index (Phi) is 4.85. The molecule has 18 heavy (non-hydrogen) atoms. The van der Waals surface area contributed by atoms with Crippen LogP contribution in [0.3, 0.4) is 0 Å². The minimum absolute atomic E-state index is 0.206. The first-order chi connectivity index (χ1) is 8.54. The number of nitrogens with one attached hydrogen (secondary N) is 1. The van der Waals surface area contributed by atoms with Crippen LogP contribution in [-0.2, 0) is 4.74 Å². The highest BCUT2D eigenvalue weighted by atomic mass is 16.6. The van der Waals surface area contributed by atoms with Crippen molar-refractivity contribution in [3.63, 3.8) is 0 Å². The van der Waals surface area contributed by atoms with Gasteiger partial charge in [0.1, 0.15) is 10.6 Å². The van der Waals surface area contributed by atoms with E-state index in [4.69, 9.17) is 9.15 Å². The topological polar surface area (TPSA) is 107 Å². The molecule has 0 spiro atoms. The number of nitro groups is 1. The molecule has 8 heteroatoms. The fraction of sp³-hybridized carbons (Fsp3) is 0.400. The van der Waals surface area contributed by atoms with Crippen molar-refractivity contribution < 1.29 is 18.9 Å². The van der Waals surface area contributed by atoms with Gasteiger partial charge in [0.25, 0.3) is 0 Å². The summed E-state index contributed by atoms with van der Waals surface area (Å²) in [7, 11) is 0. The number of furan rings is 1. The second-order valence-corrected chi connectivity index (χ2v) is 3.34. The molecule has 0 atom stereocenters. The van der Waals surface area contributed by atoms with Crippen LogP contribution in [0.2, 0.25) is 0 Å². The Bertz CT molecular complexity index is 466. The van der Waals surface area contributed by atoms with E-state index in [2.05, 4.69) is 10.5 Å². The minimum Gasteiger partial charge on any atom is -0.448 e. The van der Waals surface area contributed by atoms with Gasteiger partial charge in [-0.15, -0.1) is 0 Å². The van der Waals surface area contributed by atoms with Crippen molar-refractivity contribution in [1.82, 2.24) is 5.43 Å². The monoisotopic (exact) mass is 255 g/mol. The maximum absolute atomic E-state index is 11.1. The van der Waals surface area contributed by atoms with E-state index >= 15 is 0 Å². The molecule has 0 fully saturated rings. The predicted molar refractivity (Wildman–Crippen MR) is 62.3 cm³/mol. The van der Waals surface area contributed by atoms with Gasteiger partial charge in [0.05, 0.1) is 12.7 Å². The lowest BCUT2D eigenvalue weighted by molar-refractivity contribution is -0.402. The Morgan fingerprint density at radius 1 is 1.61 bits per heavy atom. The van der Waals surface area contributed by atoms with Gasteiger partial charge in [-0.3, -0.25) is 10.1 Å². The smallest absolute Gasteiger partial charge is 0.433 e. The lowest BCUT2D eigenvalue weighted by Gasteiger charge is -2.01. The zero-order valence-corrected chi connectivity index (χ0v) is 10.0. The summed E-state index contributed by atoms with van der Waals surface area (Å²) in [6, 6.07) is 2.61. The van der Waals surface area contributed by atoms with E-state index in [9.17, 15) is 14.9 Å². The van der Waals surface area contributed by atoms with Crippen LogP contribution in [0.4, 0.5) is 10.7 Å². The predicted octanol–water partition coefficient (Wildman–Crippen LogP) is 2.05. The van der Waals surface area contributed by atoms with E-state index in [-0.39, 0.29) is 11.6 Å². The lowest BCUT2D eigenvalue weighted by atomic mass is 10.3. The van der Waals surface area contributed by atoms with Crippen molar-refractivity contribution in [2.75, 3.05) is 6.61 Å². The molecule has 0 aliphatic heterocycles. The van der Waals surface area contributed by atoms with Gasteiger partial charge in [-0.05, 0) is 19.4 Å². The van der Waals surface area contributed by atoms with Gasteiger partial charge in [-0.25, -0.2) is 10.2 Å². The Balaban J connectivity index is 2.59. The number of amides is 1. The maximum atomic E-state index is 11.1. The first kappa shape index (κ1) is 13.7. The highest BCUT2D eigenvalue weighted by Crippen LogP contribution is 2.15. The largest absolute Gasteiger partial charge is 0.448 e. The second-order valence-electron chi connectivity index (χ2n) is 3.34. The molecule has 8 nitrogen and oxygen atoms in total. The van der Waals surface area contributed by atoms with E-state index in [1.807, 2.05) is 6.92 Å². The van der Waals surface area contributed by atoms with Gasteiger partial charge in [0.15, 0.2) is 5.76 Å². The van der Waals surface area contributed by atoms with Crippen molar-refractivity contribution in [3.8, 4) is 0 Å². The first-order valence-electron chi connectivity index (χ1n) is 5.26. The van der Waals surface area contributed by atoms with Crippen molar-refractivity contribution >= 4 is 17.7 Å². The summed E-state index contributed by atoms with van der Waals surface area (Å²) in [5, 5.41) is 14.1. The van der Waals surface area contributed by atoms with E-state index in [0.717, 1.165) is 0 Å². The van der Waals surface area contributed by atoms with Crippen LogP contribution in [0.1, 0.15) is 26.0 Å². The van der Waals surface area contributed by atoms with Crippen LogP contribution in [0.15, 0.2) is 21.7 Å². The van der Waals surface area contributed by atoms with Crippen LogP contribution < -0.4 is 5.43 Å². The summed E-state index contributed by atoms with van der Waals surface area (Å²) in [6.45, 7) is 3.71. The van der Waals surface area contributed by atoms with E-state index in [1.54, 1.807) is 6.92 Å². The number of nitrogens with zero attached hydrogens (tertiary/aromatic N) is 2. The van der Waals surface area contributed by atoms with E-state index in [1.165, 1.54) is 12.1 Å². The summed E-state index contributed by atoms with van der Waals surface area (Å²) >= 11 is 0. The average molecular weight is 255 g/mol. The molecule has 0 unspecified atom stereocenters. The normalized spacial score (nSPS) is 11.1. The molecule has 1 rings (SSSR count). The molecule has 1 aromatic rings. The van der Waals surface area contributed by atoms with Crippen molar-refractivity contribution in [2.45, 2.75) is 20.3 Å². The number of ether oxygens (including phenoxy) is 1. The fourth-order valence-corrected chi connectivity index (χ4v) is 1.03. The maximum Gasteiger partial charge on any atom is 0.433 e. The quantitative estimate of drug-likeness (QED) is 0.492. The molecule has 1 N–H and O–H groups in total. The van der Waals surface area contributed by atoms with Crippen molar-refractivity contribution in [3.05, 3.63) is 28.0 Å². The van der Waals surface area contributed by atoms with Gasteiger partial charge in [0, 0.05) is 0 Å². The molecule has 0 radical (unpaired) electrons. The van der Waals surface area contributed by atoms with Crippen LogP contribution in [-0.4, -0.2) is 23.3 Å². The number of hydrogen-bond donors (Lipinski definition) is 1. The molecule has 0 aliphatic rings. The summed E-state index contributed by atoms with van der Waals surface area (Å²) in [4.78, 5) is 20.8. The molecular weight excluding hydrogens is 242 g/mol. The zero-order chi connectivity index (χ0) is 13.5. The van der Waals surface area contributed by atoms with Crippen LogP contribution in [0.25, 0.3) is 0 Å². The lowest BCUT2D eigenvalue weighted by Crippen LogP contribution is -2.20. The summed E-state index contributed by atoms with van der Waals surface area (Å²) in [5.74, 6) is -0.175. The van der Waals surface area contributed by atoms with E-state index in [0.29, 0.717) is 18.7 Å². The highest BCUT2D eigenvalue weighted by molar-refractivity contribution is 5.96. The van der Waals surface area contributed by atoms with Crippen LogP contribution in [0.5, 0.6) is 0 Å². The number of hydrogen-bond acceptors (Lipinski definition) is 6. The number of hydrazone groups is 1. The number of rotatable bonds is 5. The van der Waals surface area contributed by atoms with E-state index < -0.39 is 11.0 Å². The first-order valence-corrected chi connectivity index (χ1v) is 5.26. The number of carbonyl (C=O) groups is 1. The van der Waals surface area contributed by atoms with Gasteiger partial charge >= 0.3 is 12.0 Å². The molecule has 1 aromatic heterocycles.